The van der Waals surface area contributed by atoms with Crippen LogP contribution in [0.3, 0.4) is 0 Å². The number of pyridine rings is 1. The molecule has 0 aliphatic carbocycles. The van der Waals surface area contributed by atoms with Gasteiger partial charge in [0.15, 0.2) is 12.3 Å². The van der Waals surface area contributed by atoms with Crippen LogP contribution in [-0.4, -0.2) is 42.0 Å². The lowest BCUT2D eigenvalue weighted by Gasteiger charge is -2.15. The maximum atomic E-state index is 12.4. The Labute approximate surface area is 173 Å². The van der Waals surface area contributed by atoms with E-state index in [2.05, 4.69) is 25.5 Å². The average Bonchev–Trinajstić information content (AvgIpc) is 3.35. The Hall–Kier alpha value is -3.75. The number of nitrogens with zero attached hydrogens (tertiary/aromatic N) is 6. The highest BCUT2D eigenvalue weighted by Gasteiger charge is 2.16. The van der Waals surface area contributed by atoms with Gasteiger partial charge in [-0.3, -0.25) is 4.79 Å². The molecule has 0 fully saturated rings. The number of benzene rings is 1. The zero-order valence-electron chi connectivity index (χ0n) is 17.3. The van der Waals surface area contributed by atoms with Crippen LogP contribution in [0.5, 0.6) is 5.88 Å². The minimum absolute atomic E-state index is 0.124. The number of nitrogens with one attached hydrogen (secondary N) is 1. The zero-order chi connectivity index (χ0) is 21.3. The lowest BCUT2D eigenvalue weighted by Crippen LogP contribution is -2.31. The molecule has 0 aliphatic rings. The first-order chi connectivity index (χ1) is 14.4. The second kappa shape index (κ2) is 7.94. The Morgan fingerprint density at radius 3 is 2.70 bits per heavy atom. The van der Waals surface area contributed by atoms with Crippen molar-refractivity contribution < 1.29 is 9.53 Å². The predicted molar refractivity (Wildman–Crippen MR) is 111 cm³/mol. The van der Waals surface area contributed by atoms with Gasteiger partial charge in [0, 0.05) is 12.7 Å². The molecule has 3 heterocycles. The number of rotatable bonds is 6. The summed E-state index contributed by atoms with van der Waals surface area (Å²) in [6.45, 7) is 5.72. The van der Waals surface area contributed by atoms with E-state index >= 15 is 0 Å². The van der Waals surface area contributed by atoms with E-state index in [0.717, 1.165) is 33.5 Å². The molecule has 0 spiro atoms. The normalized spacial score (nSPS) is 12.1. The number of hydrogen-bond acceptors (Lipinski definition) is 6. The van der Waals surface area contributed by atoms with Crippen molar-refractivity contribution in [3.8, 4) is 11.6 Å². The summed E-state index contributed by atoms with van der Waals surface area (Å²) < 4.78 is 9.07. The smallest absolute Gasteiger partial charge is 0.258 e. The number of aromatic nitrogens is 6. The summed E-state index contributed by atoms with van der Waals surface area (Å²) in [4.78, 5) is 20.9. The van der Waals surface area contributed by atoms with Crippen LogP contribution >= 0.6 is 0 Å². The van der Waals surface area contributed by atoms with Crippen molar-refractivity contribution in [2.24, 2.45) is 7.05 Å². The summed E-state index contributed by atoms with van der Waals surface area (Å²) in [6, 6.07) is 9.57. The maximum Gasteiger partial charge on any atom is 0.258 e. The highest BCUT2D eigenvalue weighted by Crippen LogP contribution is 2.27. The van der Waals surface area contributed by atoms with E-state index in [9.17, 15) is 4.79 Å². The van der Waals surface area contributed by atoms with Gasteiger partial charge in [-0.05, 0) is 50.1 Å². The first-order valence-corrected chi connectivity index (χ1v) is 9.60. The predicted octanol–water partition coefficient (Wildman–Crippen LogP) is 2.42. The molecular formula is C21H23N7O2. The SMILES string of the molecule is Cc1cc(C)c2c(OCC(=O)NC(C)c3ccc(-n4cncn4)cc3)nn(C)c2n1. The number of hydrogen-bond donors (Lipinski definition) is 1. The van der Waals surface area contributed by atoms with Crippen LogP contribution in [0.4, 0.5) is 0 Å². The molecule has 154 valence electrons. The molecule has 1 atom stereocenters. The second-order valence-electron chi connectivity index (χ2n) is 7.22. The third kappa shape index (κ3) is 3.86. The van der Waals surface area contributed by atoms with Gasteiger partial charge in [0.1, 0.15) is 12.7 Å². The van der Waals surface area contributed by atoms with E-state index in [4.69, 9.17) is 4.74 Å². The molecule has 3 aromatic heterocycles. The van der Waals surface area contributed by atoms with E-state index in [1.807, 2.05) is 58.2 Å². The maximum absolute atomic E-state index is 12.4. The fourth-order valence-corrected chi connectivity index (χ4v) is 3.41. The molecule has 0 saturated heterocycles. The standard InChI is InChI=1S/C21H23N7O2/c1-13-9-14(2)24-20-19(13)21(26-27(20)4)30-10-18(29)25-15(3)16-5-7-17(8-6-16)28-12-22-11-23-28/h5-9,11-12,15H,10H2,1-4H3,(H,25,29). The van der Waals surface area contributed by atoms with Gasteiger partial charge >= 0.3 is 0 Å². The van der Waals surface area contributed by atoms with Gasteiger partial charge in [-0.2, -0.15) is 5.10 Å². The molecule has 1 N–H and O–H groups in total. The molecule has 0 bridgehead atoms. The van der Waals surface area contributed by atoms with Crippen LogP contribution in [-0.2, 0) is 11.8 Å². The largest absolute Gasteiger partial charge is 0.466 e. The monoisotopic (exact) mass is 405 g/mol. The number of amides is 1. The molecule has 4 aromatic rings. The fraction of sp³-hybridized carbons (Fsp3) is 0.286. The number of carbonyl (C=O) groups excluding carboxylic acids is 1. The van der Waals surface area contributed by atoms with Crippen molar-refractivity contribution in [3.63, 3.8) is 0 Å². The number of fused-ring (bicyclic) bond motifs is 1. The van der Waals surface area contributed by atoms with E-state index in [1.165, 1.54) is 6.33 Å². The van der Waals surface area contributed by atoms with Crippen LogP contribution in [0.25, 0.3) is 16.7 Å². The molecule has 9 nitrogen and oxygen atoms in total. The van der Waals surface area contributed by atoms with Gasteiger partial charge in [0.05, 0.1) is 17.1 Å². The van der Waals surface area contributed by atoms with Crippen LogP contribution in [0.2, 0.25) is 0 Å². The molecule has 30 heavy (non-hydrogen) atoms. The number of ether oxygens (including phenoxy) is 1. The van der Waals surface area contributed by atoms with Gasteiger partial charge in [0.25, 0.3) is 5.91 Å². The summed E-state index contributed by atoms with van der Waals surface area (Å²) in [7, 11) is 1.81. The molecule has 1 amide bonds. The van der Waals surface area contributed by atoms with E-state index in [-0.39, 0.29) is 18.6 Å². The van der Waals surface area contributed by atoms with Gasteiger partial charge < -0.3 is 10.1 Å². The first kappa shape index (κ1) is 19.6. The lowest BCUT2D eigenvalue weighted by molar-refractivity contribution is -0.123. The number of carbonyl (C=O) groups is 1. The third-order valence-electron chi connectivity index (χ3n) is 4.88. The molecule has 0 aliphatic heterocycles. The van der Waals surface area contributed by atoms with Crippen LogP contribution in [0, 0.1) is 13.8 Å². The number of aryl methyl sites for hydroxylation is 3. The van der Waals surface area contributed by atoms with Gasteiger partial charge in [-0.25, -0.2) is 19.3 Å². The molecule has 9 heteroatoms. The van der Waals surface area contributed by atoms with Crippen molar-refractivity contribution >= 4 is 16.9 Å². The Morgan fingerprint density at radius 2 is 2.00 bits per heavy atom. The topological polar surface area (TPSA) is 99.7 Å². The zero-order valence-corrected chi connectivity index (χ0v) is 17.3. The van der Waals surface area contributed by atoms with Gasteiger partial charge in [0.2, 0.25) is 5.88 Å². The highest BCUT2D eigenvalue weighted by molar-refractivity contribution is 5.85. The second-order valence-corrected chi connectivity index (χ2v) is 7.22. The first-order valence-electron chi connectivity index (χ1n) is 9.60. The Morgan fingerprint density at radius 1 is 1.23 bits per heavy atom. The Balaban J connectivity index is 1.40. The Kier molecular flexibility index (Phi) is 5.18. The van der Waals surface area contributed by atoms with Crippen LogP contribution in [0.15, 0.2) is 43.0 Å². The molecule has 0 radical (unpaired) electrons. The minimum Gasteiger partial charge on any atom is -0.466 e. The van der Waals surface area contributed by atoms with Crippen LogP contribution in [0.1, 0.15) is 29.8 Å². The van der Waals surface area contributed by atoms with Gasteiger partial charge in [-0.15, -0.1) is 5.10 Å². The minimum atomic E-state index is -0.223. The lowest BCUT2D eigenvalue weighted by atomic mass is 10.1. The average molecular weight is 405 g/mol. The summed E-state index contributed by atoms with van der Waals surface area (Å²) in [5.74, 6) is 0.192. The summed E-state index contributed by atoms with van der Waals surface area (Å²) in [5.41, 5.74) is 4.55. The molecule has 4 rings (SSSR count). The van der Waals surface area contributed by atoms with Crippen molar-refractivity contribution in [1.29, 1.82) is 0 Å². The summed E-state index contributed by atoms with van der Waals surface area (Å²) in [6.07, 6.45) is 3.12. The summed E-state index contributed by atoms with van der Waals surface area (Å²) in [5, 5.41) is 12.3. The molecule has 0 saturated carbocycles. The highest BCUT2D eigenvalue weighted by atomic mass is 16.5. The third-order valence-corrected chi connectivity index (χ3v) is 4.88. The van der Waals surface area contributed by atoms with Crippen molar-refractivity contribution in [3.05, 3.63) is 59.8 Å². The molecule has 1 aromatic carbocycles. The quantitative estimate of drug-likeness (QED) is 0.529. The molecular weight excluding hydrogens is 382 g/mol. The van der Waals surface area contributed by atoms with Crippen molar-refractivity contribution in [1.82, 2.24) is 34.8 Å². The molecule has 1 unspecified atom stereocenters. The van der Waals surface area contributed by atoms with Crippen molar-refractivity contribution in [2.75, 3.05) is 6.61 Å². The Bertz CT molecular complexity index is 1180. The van der Waals surface area contributed by atoms with E-state index in [1.54, 1.807) is 15.7 Å². The van der Waals surface area contributed by atoms with Crippen LogP contribution < -0.4 is 10.1 Å². The fourth-order valence-electron chi connectivity index (χ4n) is 3.41. The summed E-state index contributed by atoms with van der Waals surface area (Å²) >= 11 is 0. The van der Waals surface area contributed by atoms with Gasteiger partial charge in [-0.1, -0.05) is 12.1 Å². The van der Waals surface area contributed by atoms with E-state index < -0.39 is 0 Å². The van der Waals surface area contributed by atoms with E-state index in [0.29, 0.717) is 5.88 Å². The van der Waals surface area contributed by atoms with Crippen molar-refractivity contribution in [2.45, 2.75) is 26.8 Å².